The summed E-state index contributed by atoms with van der Waals surface area (Å²) in [6.07, 6.45) is 0. The van der Waals surface area contributed by atoms with Gasteiger partial charge in [-0.25, -0.2) is 9.59 Å². The maximum absolute atomic E-state index is 11.6. The largest absolute Gasteiger partial charge is 0.478 e. The lowest BCUT2D eigenvalue weighted by Gasteiger charge is -2.16. The molecule has 0 saturated heterocycles. The molecule has 3 amide bonds. The van der Waals surface area contributed by atoms with Gasteiger partial charge in [0.2, 0.25) is 5.91 Å². The highest BCUT2D eigenvalue weighted by atomic mass is 16.4. The van der Waals surface area contributed by atoms with E-state index in [0.717, 1.165) is 5.56 Å². The van der Waals surface area contributed by atoms with Crippen molar-refractivity contribution < 1.29 is 19.5 Å². The fourth-order valence-corrected chi connectivity index (χ4v) is 1.74. The third-order valence-electron chi connectivity index (χ3n) is 2.66. The Morgan fingerprint density at radius 2 is 1.81 bits per heavy atom. The van der Waals surface area contributed by atoms with Crippen LogP contribution in [-0.2, 0) is 11.3 Å². The van der Waals surface area contributed by atoms with E-state index in [4.69, 9.17) is 5.11 Å². The average molecular weight is 293 g/mol. The van der Waals surface area contributed by atoms with Crippen molar-refractivity contribution in [3.63, 3.8) is 0 Å². The molecule has 3 N–H and O–H groups in total. The van der Waals surface area contributed by atoms with Gasteiger partial charge in [0, 0.05) is 13.1 Å². The van der Waals surface area contributed by atoms with Crippen molar-refractivity contribution in [2.75, 3.05) is 20.1 Å². The Balaban J connectivity index is 2.45. The van der Waals surface area contributed by atoms with Gasteiger partial charge in [-0.15, -0.1) is 0 Å². The zero-order valence-electron chi connectivity index (χ0n) is 12.0. The van der Waals surface area contributed by atoms with Crippen LogP contribution in [-0.4, -0.2) is 48.1 Å². The highest BCUT2D eigenvalue weighted by Gasteiger charge is 2.10. The van der Waals surface area contributed by atoms with Gasteiger partial charge in [0.15, 0.2) is 0 Å². The third kappa shape index (κ3) is 6.05. The highest BCUT2D eigenvalue weighted by molar-refractivity contribution is 5.95. The summed E-state index contributed by atoms with van der Waals surface area (Å²) in [5.41, 5.74) is 1.10. The number of aromatic carboxylic acids is 1. The van der Waals surface area contributed by atoms with Crippen LogP contribution in [0.1, 0.15) is 22.8 Å². The lowest BCUT2D eigenvalue weighted by molar-refractivity contribution is -0.120. The summed E-state index contributed by atoms with van der Waals surface area (Å²) in [5, 5.41) is 13.5. The topological polar surface area (TPSA) is 98.7 Å². The fraction of sp³-hybridized carbons (Fsp3) is 0.357. The number of carbonyl (C=O) groups excluding carboxylic acids is 2. The Morgan fingerprint density at radius 1 is 1.19 bits per heavy atom. The van der Waals surface area contributed by atoms with E-state index in [1.54, 1.807) is 31.0 Å². The summed E-state index contributed by atoms with van der Waals surface area (Å²) in [4.78, 5) is 35.2. The number of carbonyl (C=O) groups is 3. The molecule has 114 valence electrons. The number of hydrogen-bond donors (Lipinski definition) is 3. The van der Waals surface area contributed by atoms with Crippen molar-refractivity contribution in [3.8, 4) is 0 Å². The minimum Gasteiger partial charge on any atom is -0.478 e. The van der Waals surface area contributed by atoms with E-state index in [1.807, 2.05) is 0 Å². The molecule has 0 bridgehead atoms. The Labute approximate surface area is 122 Å². The van der Waals surface area contributed by atoms with Crippen LogP contribution in [0.15, 0.2) is 24.3 Å². The van der Waals surface area contributed by atoms with Gasteiger partial charge in [-0.1, -0.05) is 12.1 Å². The number of urea groups is 1. The molecule has 1 aromatic rings. The average Bonchev–Trinajstić information content (AvgIpc) is 2.38. The van der Waals surface area contributed by atoms with E-state index >= 15 is 0 Å². The molecule has 0 unspecified atom stereocenters. The number of benzene rings is 1. The second-order valence-corrected chi connectivity index (χ2v) is 4.58. The molecule has 0 aliphatic carbocycles. The fourth-order valence-electron chi connectivity index (χ4n) is 1.74. The van der Waals surface area contributed by atoms with E-state index in [-0.39, 0.29) is 12.1 Å². The molecule has 0 saturated carbocycles. The van der Waals surface area contributed by atoms with Crippen LogP contribution >= 0.6 is 0 Å². The molecular formula is C14H19N3O4. The number of nitrogens with zero attached hydrogens (tertiary/aromatic N) is 1. The zero-order valence-corrected chi connectivity index (χ0v) is 12.0. The minimum absolute atomic E-state index is 0.0673. The summed E-state index contributed by atoms with van der Waals surface area (Å²) in [6, 6.07) is 5.91. The van der Waals surface area contributed by atoms with Crippen molar-refractivity contribution in [1.82, 2.24) is 15.5 Å². The monoisotopic (exact) mass is 293 g/mol. The van der Waals surface area contributed by atoms with Gasteiger partial charge in [0.1, 0.15) is 0 Å². The predicted molar refractivity (Wildman–Crippen MR) is 77.0 cm³/mol. The van der Waals surface area contributed by atoms with Crippen molar-refractivity contribution in [1.29, 1.82) is 0 Å². The predicted octanol–water partition coefficient (Wildman–Crippen LogP) is 0.662. The molecule has 7 heteroatoms. The summed E-state index contributed by atoms with van der Waals surface area (Å²) in [5.74, 6) is -1.37. The quantitative estimate of drug-likeness (QED) is 0.715. The molecule has 0 aliphatic heterocycles. The van der Waals surface area contributed by atoms with Crippen LogP contribution < -0.4 is 10.6 Å². The van der Waals surface area contributed by atoms with Crippen molar-refractivity contribution >= 4 is 17.9 Å². The van der Waals surface area contributed by atoms with Gasteiger partial charge in [-0.2, -0.15) is 0 Å². The molecule has 1 rings (SSSR count). The van der Waals surface area contributed by atoms with Crippen LogP contribution in [0.3, 0.4) is 0 Å². The molecule has 0 spiro atoms. The standard InChI is InChI=1S/C14H19N3O4/c1-3-15-14(21)16-12(18)9-17(2)8-10-4-6-11(7-5-10)13(19)20/h4-7H,3,8-9H2,1-2H3,(H,19,20)(H2,15,16,18,21). The summed E-state index contributed by atoms with van der Waals surface area (Å²) >= 11 is 0. The van der Waals surface area contributed by atoms with Gasteiger partial charge in [-0.3, -0.25) is 15.0 Å². The highest BCUT2D eigenvalue weighted by Crippen LogP contribution is 2.06. The van der Waals surface area contributed by atoms with Crippen LogP contribution in [0.4, 0.5) is 4.79 Å². The van der Waals surface area contributed by atoms with Gasteiger partial charge in [-0.05, 0) is 31.7 Å². The van der Waals surface area contributed by atoms with E-state index in [2.05, 4.69) is 10.6 Å². The molecule has 7 nitrogen and oxygen atoms in total. The maximum Gasteiger partial charge on any atom is 0.335 e. The SMILES string of the molecule is CCNC(=O)NC(=O)CN(C)Cc1ccc(C(=O)O)cc1. The molecule has 0 radical (unpaired) electrons. The molecule has 21 heavy (non-hydrogen) atoms. The molecule has 0 fully saturated rings. The van der Waals surface area contributed by atoms with E-state index in [0.29, 0.717) is 13.1 Å². The van der Waals surface area contributed by atoms with Crippen molar-refractivity contribution in [3.05, 3.63) is 35.4 Å². The number of imide groups is 1. The first-order chi connectivity index (χ1) is 9.92. The molecule has 0 aromatic heterocycles. The summed E-state index contributed by atoms with van der Waals surface area (Å²) < 4.78 is 0. The number of amides is 3. The maximum atomic E-state index is 11.6. The number of carboxylic acids is 1. The summed E-state index contributed by atoms with van der Waals surface area (Å²) in [6.45, 7) is 2.75. The Morgan fingerprint density at radius 3 is 2.33 bits per heavy atom. The smallest absolute Gasteiger partial charge is 0.335 e. The first-order valence-electron chi connectivity index (χ1n) is 6.50. The van der Waals surface area contributed by atoms with Crippen molar-refractivity contribution in [2.24, 2.45) is 0 Å². The second kappa shape index (κ2) is 8.01. The van der Waals surface area contributed by atoms with E-state index in [9.17, 15) is 14.4 Å². The minimum atomic E-state index is -0.976. The van der Waals surface area contributed by atoms with Crippen molar-refractivity contribution in [2.45, 2.75) is 13.5 Å². The van der Waals surface area contributed by atoms with Gasteiger partial charge < -0.3 is 10.4 Å². The van der Waals surface area contributed by atoms with Crippen LogP contribution in [0.25, 0.3) is 0 Å². The Kier molecular flexibility index (Phi) is 6.35. The van der Waals surface area contributed by atoms with Crippen LogP contribution in [0.2, 0.25) is 0 Å². The lowest BCUT2D eigenvalue weighted by atomic mass is 10.1. The molecule has 0 atom stereocenters. The molecule has 0 aliphatic rings. The molecule has 0 heterocycles. The lowest BCUT2D eigenvalue weighted by Crippen LogP contribution is -2.43. The number of carboxylic acid groups (broad SMARTS) is 1. The number of likely N-dealkylation sites (N-methyl/N-ethyl adjacent to an activating group) is 1. The Bertz CT molecular complexity index is 513. The van der Waals surface area contributed by atoms with Gasteiger partial charge in [0.05, 0.1) is 12.1 Å². The van der Waals surface area contributed by atoms with Crippen LogP contribution in [0.5, 0.6) is 0 Å². The Hall–Kier alpha value is -2.41. The first kappa shape index (κ1) is 16.6. The normalized spacial score (nSPS) is 10.2. The summed E-state index contributed by atoms with van der Waals surface area (Å²) in [7, 11) is 1.74. The van der Waals surface area contributed by atoms with Crippen LogP contribution in [0, 0.1) is 0 Å². The number of hydrogen-bond acceptors (Lipinski definition) is 4. The second-order valence-electron chi connectivity index (χ2n) is 4.58. The molecule has 1 aromatic carbocycles. The molecular weight excluding hydrogens is 274 g/mol. The zero-order chi connectivity index (χ0) is 15.8. The number of nitrogens with one attached hydrogen (secondary N) is 2. The third-order valence-corrected chi connectivity index (χ3v) is 2.66. The van der Waals surface area contributed by atoms with E-state index < -0.39 is 17.9 Å². The van der Waals surface area contributed by atoms with Gasteiger partial charge in [0.25, 0.3) is 0 Å². The first-order valence-corrected chi connectivity index (χ1v) is 6.50. The van der Waals surface area contributed by atoms with E-state index in [1.165, 1.54) is 12.1 Å². The van der Waals surface area contributed by atoms with Gasteiger partial charge >= 0.3 is 12.0 Å². The number of rotatable bonds is 6.